The molecule has 2 aromatic rings. The Morgan fingerprint density at radius 2 is 1.53 bits per heavy atom. The molecule has 36 heavy (non-hydrogen) atoms. The van der Waals surface area contributed by atoms with E-state index in [4.69, 9.17) is 23.7 Å². The van der Waals surface area contributed by atoms with E-state index in [0.29, 0.717) is 26.4 Å². The van der Waals surface area contributed by atoms with Crippen molar-refractivity contribution in [1.29, 1.82) is 0 Å². The highest BCUT2D eigenvalue weighted by Gasteiger charge is 2.77. The van der Waals surface area contributed by atoms with Gasteiger partial charge in [-0.25, -0.2) is 0 Å². The molecule has 0 unspecified atom stereocenters. The number of rotatable bonds is 7. The van der Waals surface area contributed by atoms with E-state index in [1.807, 2.05) is 0 Å². The largest absolute Gasteiger partial charge is 0.498 e. The molecule has 2 aromatic carbocycles. The quantitative estimate of drug-likeness (QED) is 0.569. The Labute approximate surface area is 214 Å². The van der Waals surface area contributed by atoms with Crippen LogP contribution < -0.4 is 0 Å². The summed E-state index contributed by atoms with van der Waals surface area (Å²) >= 11 is 0. The Morgan fingerprint density at radius 1 is 0.861 bits per heavy atom. The molecule has 4 heterocycles. The second-order valence-corrected chi connectivity index (χ2v) is 10.5. The molecule has 0 N–H and O–H groups in total. The van der Waals surface area contributed by atoms with Gasteiger partial charge in [-0.15, -0.1) is 0 Å². The lowest BCUT2D eigenvalue weighted by Gasteiger charge is -2.51. The van der Waals surface area contributed by atoms with Crippen molar-refractivity contribution in [2.45, 2.75) is 68.2 Å². The summed E-state index contributed by atoms with van der Waals surface area (Å²) in [4.78, 5) is 2.52. The van der Waals surface area contributed by atoms with Gasteiger partial charge in [-0.1, -0.05) is 60.7 Å². The highest BCUT2D eigenvalue weighted by molar-refractivity contribution is 5.34. The molecule has 0 radical (unpaired) electrons. The van der Waals surface area contributed by atoms with Crippen LogP contribution in [0, 0.1) is 0 Å². The molecule has 0 amide bonds. The number of hydrogen-bond acceptors (Lipinski definition) is 6. The van der Waals surface area contributed by atoms with Crippen LogP contribution in [-0.4, -0.2) is 67.4 Å². The van der Waals surface area contributed by atoms with Gasteiger partial charge >= 0.3 is 0 Å². The van der Waals surface area contributed by atoms with Crippen LogP contribution in [-0.2, 0) is 36.8 Å². The second kappa shape index (κ2) is 9.58. The minimum Gasteiger partial charge on any atom is -0.498 e. The lowest BCUT2D eigenvalue weighted by Crippen LogP contribution is -2.69. The molecule has 0 saturated carbocycles. The van der Waals surface area contributed by atoms with E-state index in [1.165, 1.54) is 11.1 Å². The monoisotopic (exact) mass is 491 g/mol. The molecule has 3 spiro atoms. The zero-order valence-electron chi connectivity index (χ0n) is 21.4. The van der Waals surface area contributed by atoms with Crippen molar-refractivity contribution in [2.75, 3.05) is 33.5 Å². The Kier molecular flexibility index (Phi) is 6.42. The van der Waals surface area contributed by atoms with E-state index in [1.54, 1.807) is 7.11 Å². The average Bonchev–Trinajstić information content (AvgIpc) is 3.70. The molecule has 4 aliphatic heterocycles. The first-order chi connectivity index (χ1) is 17.6. The fourth-order valence-corrected chi connectivity index (χ4v) is 7.29. The third-order valence-corrected chi connectivity index (χ3v) is 8.87. The molecule has 3 saturated heterocycles. The molecule has 6 nitrogen and oxygen atoms in total. The summed E-state index contributed by atoms with van der Waals surface area (Å²) in [5.74, 6) is 0.883. The normalized spacial score (nSPS) is 34.3. The lowest BCUT2D eigenvalue weighted by atomic mass is 9.66. The first-order valence-electron chi connectivity index (χ1n) is 13.2. The molecule has 192 valence electrons. The molecule has 0 bridgehead atoms. The molecule has 6 heteroatoms. The highest BCUT2D eigenvalue weighted by Crippen LogP contribution is 2.61. The standard InChI is InChI=1S/C30H37NO5/c1-23(31(21-24-9-5-3-6-10-24)22-25-11-7-4-8-12-25)27-29(14-18-33-27)30(16-20-35-29)28(15-19-36-30)26(32-2)13-17-34-28/h3-13,23,27H,14-22H2,1-2H3/t23-,27-,28+,29-,30+/m0/s1. The minimum absolute atomic E-state index is 0.0838. The van der Waals surface area contributed by atoms with Gasteiger partial charge in [-0.3, -0.25) is 4.90 Å². The van der Waals surface area contributed by atoms with Crippen molar-refractivity contribution in [2.24, 2.45) is 0 Å². The van der Waals surface area contributed by atoms with Crippen LogP contribution in [0.2, 0.25) is 0 Å². The Hall–Kier alpha value is -2.22. The van der Waals surface area contributed by atoms with E-state index in [9.17, 15) is 0 Å². The van der Waals surface area contributed by atoms with Gasteiger partial charge in [0.25, 0.3) is 0 Å². The van der Waals surface area contributed by atoms with Crippen LogP contribution in [0.1, 0.15) is 37.3 Å². The Balaban J connectivity index is 1.36. The summed E-state index contributed by atoms with van der Waals surface area (Å²) in [6.45, 7) is 6.38. The third-order valence-electron chi connectivity index (χ3n) is 8.87. The van der Waals surface area contributed by atoms with Gasteiger partial charge in [0.05, 0.1) is 33.5 Å². The zero-order chi connectivity index (χ0) is 24.6. The average molecular weight is 492 g/mol. The Bertz CT molecular complexity index is 1030. The fraction of sp³-hybridized carbons (Fsp3) is 0.533. The Morgan fingerprint density at radius 3 is 2.19 bits per heavy atom. The number of ether oxygens (including phenoxy) is 5. The van der Waals surface area contributed by atoms with Gasteiger partial charge in [0.15, 0.2) is 5.60 Å². The van der Waals surface area contributed by atoms with Crippen LogP contribution in [0.5, 0.6) is 0 Å². The SMILES string of the molecule is COC1=CCO[C@]12CCO[C@]21CCO[C@]12CCO[C@H]2[C@H](C)N(Cc1ccccc1)Cc1ccccc1. The number of nitrogens with zero attached hydrogens (tertiary/aromatic N) is 1. The molecule has 4 aliphatic rings. The molecule has 5 atom stereocenters. The summed E-state index contributed by atoms with van der Waals surface area (Å²) in [5.41, 5.74) is 0.724. The highest BCUT2D eigenvalue weighted by atomic mass is 16.6. The maximum atomic E-state index is 6.76. The summed E-state index contributed by atoms with van der Waals surface area (Å²) in [5, 5.41) is 0. The zero-order valence-corrected chi connectivity index (χ0v) is 21.4. The van der Waals surface area contributed by atoms with Crippen LogP contribution in [0.4, 0.5) is 0 Å². The second-order valence-electron chi connectivity index (χ2n) is 10.5. The van der Waals surface area contributed by atoms with Gasteiger partial charge < -0.3 is 23.7 Å². The predicted octanol–water partition coefficient (Wildman–Crippen LogP) is 4.48. The maximum Gasteiger partial charge on any atom is 0.159 e. The lowest BCUT2D eigenvalue weighted by molar-refractivity contribution is -0.226. The van der Waals surface area contributed by atoms with Crippen LogP contribution in [0.3, 0.4) is 0 Å². The van der Waals surface area contributed by atoms with Crippen LogP contribution in [0.15, 0.2) is 72.5 Å². The van der Waals surface area contributed by atoms with E-state index in [-0.39, 0.29) is 12.1 Å². The predicted molar refractivity (Wildman–Crippen MR) is 136 cm³/mol. The number of benzene rings is 2. The summed E-state index contributed by atoms with van der Waals surface area (Å²) in [6.07, 6.45) is 4.24. The van der Waals surface area contributed by atoms with Gasteiger partial charge in [0.2, 0.25) is 0 Å². The maximum absolute atomic E-state index is 6.76. The van der Waals surface area contributed by atoms with Crippen LogP contribution >= 0.6 is 0 Å². The topological polar surface area (TPSA) is 49.4 Å². The third kappa shape index (κ3) is 3.57. The van der Waals surface area contributed by atoms with Crippen molar-refractivity contribution in [3.63, 3.8) is 0 Å². The molecular weight excluding hydrogens is 454 g/mol. The van der Waals surface area contributed by atoms with E-state index < -0.39 is 16.8 Å². The summed E-state index contributed by atoms with van der Waals surface area (Å²) in [7, 11) is 1.74. The van der Waals surface area contributed by atoms with Crippen LogP contribution in [0.25, 0.3) is 0 Å². The fourth-order valence-electron chi connectivity index (χ4n) is 7.29. The number of methoxy groups -OCH3 is 1. The molecule has 0 aromatic heterocycles. The molecular formula is C30H37NO5. The number of hydrogen-bond donors (Lipinski definition) is 0. The smallest absolute Gasteiger partial charge is 0.159 e. The van der Waals surface area contributed by atoms with Gasteiger partial charge in [-0.2, -0.15) is 0 Å². The molecule has 6 rings (SSSR count). The van der Waals surface area contributed by atoms with E-state index in [2.05, 4.69) is 78.6 Å². The first-order valence-corrected chi connectivity index (χ1v) is 13.2. The van der Waals surface area contributed by atoms with Crippen molar-refractivity contribution >= 4 is 0 Å². The van der Waals surface area contributed by atoms with Crippen molar-refractivity contribution in [3.8, 4) is 0 Å². The molecule has 0 aliphatic carbocycles. The van der Waals surface area contributed by atoms with Gasteiger partial charge in [0.1, 0.15) is 23.1 Å². The van der Waals surface area contributed by atoms with Gasteiger partial charge in [0, 0.05) is 38.4 Å². The summed E-state index contributed by atoms with van der Waals surface area (Å²) in [6, 6.07) is 21.4. The van der Waals surface area contributed by atoms with Gasteiger partial charge in [-0.05, 0) is 24.1 Å². The van der Waals surface area contributed by atoms with Crippen molar-refractivity contribution in [3.05, 3.63) is 83.6 Å². The number of fused-ring (bicyclic) bond motifs is 2. The summed E-state index contributed by atoms with van der Waals surface area (Å²) < 4.78 is 32.5. The minimum atomic E-state index is -0.626. The van der Waals surface area contributed by atoms with Crippen molar-refractivity contribution < 1.29 is 23.7 Å². The van der Waals surface area contributed by atoms with Crippen molar-refractivity contribution in [1.82, 2.24) is 4.90 Å². The van der Waals surface area contributed by atoms with E-state index >= 15 is 0 Å². The molecule has 3 fully saturated rings. The first kappa shape index (κ1) is 24.1. The van der Waals surface area contributed by atoms with E-state index in [0.717, 1.165) is 38.1 Å².